The number of nitrogens with one attached hydrogen (secondary N) is 2. The topological polar surface area (TPSA) is 72.7 Å². The molecule has 2 aromatic heterocycles. The number of anilines is 2. The SMILES string of the molecule is CCNCc1ccc(-c2cn3ccnc3c(Nc3ccc(OC)c(OC)c3)n2)cc1. The maximum absolute atomic E-state index is 5.41. The fourth-order valence-corrected chi connectivity index (χ4v) is 3.27. The molecule has 7 heteroatoms. The number of aromatic nitrogens is 3. The summed E-state index contributed by atoms with van der Waals surface area (Å²) in [5.41, 5.74) is 4.73. The fourth-order valence-electron chi connectivity index (χ4n) is 3.27. The molecule has 0 radical (unpaired) electrons. The zero-order valence-corrected chi connectivity index (χ0v) is 17.3. The lowest BCUT2D eigenvalue weighted by Gasteiger charge is -2.13. The highest BCUT2D eigenvalue weighted by Gasteiger charge is 2.11. The van der Waals surface area contributed by atoms with Crippen LogP contribution in [0.5, 0.6) is 11.5 Å². The second-order valence-electron chi connectivity index (χ2n) is 6.80. The molecule has 0 aliphatic rings. The van der Waals surface area contributed by atoms with E-state index in [0.29, 0.717) is 17.3 Å². The Balaban J connectivity index is 1.68. The molecule has 0 aliphatic carbocycles. The van der Waals surface area contributed by atoms with Gasteiger partial charge in [0.15, 0.2) is 23.0 Å². The third kappa shape index (κ3) is 4.06. The van der Waals surface area contributed by atoms with E-state index in [2.05, 4.69) is 46.8 Å². The Morgan fingerprint density at radius 1 is 1.00 bits per heavy atom. The first-order chi connectivity index (χ1) is 14.7. The Hall–Kier alpha value is -3.58. The van der Waals surface area contributed by atoms with E-state index < -0.39 is 0 Å². The number of rotatable bonds is 8. The summed E-state index contributed by atoms with van der Waals surface area (Å²) in [6.07, 6.45) is 5.67. The summed E-state index contributed by atoms with van der Waals surface area (Å²) in [5.74, 6) is 1.99. The van der Waals surface area contributed by atoms with Crippen molar-refractivity contribution in [1.82, 2.24) is 19.7 Å². The number of hydrogen-bond donors (Lipinski definition) is 2. The Morgan fingerprint density at radius 3 is 2.53 bits per heavy atom. The van der Waals surface area contributed by atoms with E-state index in [-0.39, 0.29) is 0 Å². The van der Waals surface area contributed by atoms with Crippen LogP contribution in [0.15, 0.2) is 61.1 Å². The average molecular weight is 403 g/mol. The molecule has 0 fully saturated rings. The molecular formula is C23H25N5O2. The number of nitrogens with zero attached hydrogens (tertiary/aromatic N) is 3. The maximum Gasteiger partial charge on any atom is 0.180 e. The molecule has 2 N–H and O–H groups in total. The van der Waals surface area contributed by atoms with Crippen molar-refractivity contribution in [1.29, 1.82) is 0 Å². The summed E-state index contributed by atoms with van der Waals surface area (Å²) >= 11 is 0. The first kappa shape index (κ1) is 19.7. The molecule has 0 bridgehead atoms. The number of imidazole rings is 1. The van der Waals surface area contributed by atoms with Crippen molar-refractivity contribution in [2.24, 2.45) is 0 Å². The molecule has 0 unspecified atom stereocenters. The van der Waals surface area contributed by atoms with Crippen molar-refractivity contribution in [3.63, 3.8) is 0 Å². The largest absolute Gasteiger partial charge is 0.493 e. The number of ether oxygens (including phenoxy) is 2. The summed E-state index contributed by atoms with van der Waals surface area (Å²) in [4.78, 5) is 9.29. The normalized spacial score (nSPS) is 10.9. The van der Waals surface area contributed by atoms with E-state index in [1.54, 1.807) is 20.4 Å². The highest BCUT2D eigenvalue weighted by Crippen LogP contribution is 2.32. The van der Waals surface area contributed by atoms with E-state index in [9.17, 15) is 0 Å². The van der Waals surface area contributed by atoms with Crippen LogP contribution >= 0.6 is 0 Å². The van der Waals surface area contributed by atoms with Crippen LogP contribution in [-0.4, -0.2) is 35.1 Å². The lowest BCUT2D eigenvalue weighted by atomic mass is 10.1. The van der Waals surface area contributed by atoms with Gasteiger partial charge >= 0.3 is 0 Å². The van der Waals surface area contributed by atoms with Gasteiger partial charge in [-0.05, 0) is 24.2 Å². The van der Waals surface area contributed by atoms with Crippen molar-refractivity contribution in [2.45, 2.75) is 13.5 Å². The van der Waals surface area contributed by atoms with Crippen molar-refractivity contribution < 1.29 is 9.47 Å². The lowest BCUT2D eigenvalue weighted by molar-refractivity contribution is 0.355. The summed E-state index contributed by atoms with van der Waals surface area (Å²) in [7, 11) is 3.24. The van der Waals surface area contributed by atoms with Gasteiger partial charge in [-0.1, -0.05) is 31.2 Å². The van der Waals surface area contributed by atoms with Crippen LogP contribution < -0.4 is 20.1 Å². The molecule has 0 saturated carbocycles. The number of benzene rings is 2. The van der Waals surface area contributed by atoms with Gasteiger partial charge in [-0.2, -0.15) is 0 Å². The zero-order valence-electron chi connectivity index (χ0n) is 17.3. The molecule has 4 rings (SSSR count). The molecule has 2 heterocycles. The Labute approximate surface area is 175 Å². The minimum Gasteiger partial charge on any atom is -0.493 e. The number of methoxy groups -OCH3 is 2. The first-order valence-corrected chi connectivity index (χ1v) is 9.84. The van der Waals surface area contributed by atoms with Crippen LogP contribution in [0.25, 0.3) is 16.9 Å². The van der Waals surface area contributed by atoms with Gasteiger partial charge in [0, 0.05) is 42.5 Å². The van der Waals surface area contributed by atoms with Crippen molar-refractivity contribution >= 4 is 17.2 Å². The van der Waals surface area contributed by atoms with E-state index in [1.807, 2.05) is 35.0 Å². The van der Waals surface area contributed by atoms with E-state index in [1.165, 1.54) is 5.56 Å². The highest BCUT2D eigenvalue weighted by molar-refractivity contribution is 5.74. The Bertz CT molecular complexity index is 1140. The summed E-state index contributed by atoms with van der Waals surface area (Å²) in [6.45, 7) is 3.91. The van der Waals surface area contributed by atoms with Crippen molar-refractivity contribution in [3.8, 4) is 22.8 Å². The Kier molecular flexibility index (Phi) is 5.81. The minimum atomic E-state index is 0.647. The van der Waals surface area contributed by atoms with Crippen LogP contribution in [0.3, 0.4) is 0 Å². The molecule has 30 heavy (non-hydrogen) atoms. The fraction of sp³-hybridized carbons (Fsp3) is 0.217. The number of hydrogen-bond acceptors (Lipinski definition) is 6. The lowest BCUT2D eigenvalue weighted by Crippen LogP contribution is -2.11. The van der Waals surface area contributed by atoms with Crippen molar-refractivity contribution in [2.75, 3.05) is 26.1 Å². The third-order valence-corrected chi connectivity index (χ3v) is 4.85. The molecular weight excluding hydrogens is 378 g/mol. The smallest absolute Gasteiger partial charge is 0.180 e. The van der Waals surface area contributed by atoms with Crippen LogP contribution in [0.1, 0.15) is 12.5 Å². The van der Waals surface area contributed by atoms with Gasteiger partial charge < -0.3 is 24.5 Å². The van der Waals surface area contributed by atoms with Gasteiger partial charge in [-0.3, -0.25) is 0 Å². The van der Waals surface area contributed by atoms with Crippen molar-refractivity contribution in [3.05, 3.63) is 66.6 Å². The predicted molar refractivity (Wildman–Crippen MR) is 119 cm³/mol. The van der Waals surface area contributed by atoms with Crippen LogP contribution in [-0.2, 0) is 6.54 Å². The van der Waals surface area contributed by atoms with Gasteiger partial charge in [0.2, 0.25) is 0 Å². The van der Waals surface area contributed by atoms with Crippen LogP contribution in [0.2, 0.25) is 0 Å². The molecule has 2 aromatic carbocycles. The second-order valence-corrected chi connectivity index (χ2v) is 6.80. The standard InChI is InChI=1S/C23H25N5O2/c1-4-24-14-16-5-7-17(8-6-16)19-15-28-12-11-25-23(28)22(27-19)26-18-9-10-20(29-2)21(13-18)30-3/h5-13,15,24H,4,14H2,1-3H3,(H,26,27). The van der Waals surface area contributed by atoms with E-state index in [0.717, 1.165) is 35.7 Å². The summed E-state index contributed by atoms with van der Waals surface area (Å²) in [6, 6.07) is 14.1. The molecule has 7 nitrogen and oxygen atoms in total. The molecule has 0 amide bonds. The first-order valence-electron chi connectivity index (χ1n) is 9.84. The monoisotopic (exact) mass is 403 g/mol. The quantitative estimate of drug-likeness (QED) is 0.458. The molecule has 0 spiro atoms. The predicted octanol–water partition coefficient (Wildman–Crippen LogP) is 4.27. The second kappa shape index (κ2) is 8.84. The van der Waals surface area contributed by atoms with Gasteiger partial charge in [-0.25, -0.2) is 9.97 Å². The van der Waals surface area contributed by atoms with Gasteiger partial charge in [0.05, 0.1) is 19.9 Å². The molecule has 0 atom stereocenters. The minimum absolute atomic E-state index is 0.647. The van der Waals surface area contributed by atoms with Crippen LogP contribution in [0, 0.1) is 0 Å². The Morgan fingerprint density at radius 2 is 1.80 bits per heavy atom. The molecule has 4 aromatic rings. The third-order valence-electron chi connectivity index (χ3n) is 4.85. The highest BCUT2D eigenvalue weighted by atomic mass is 16.5. The van der Waals surface area contributed by atoms with E-state index in [4.69, 9.17) is 14.5 Å². The van der Waals surface area contributed by atoms with Crippen LogP contribution in [0.4, 0.5) is 11.5 Å². The molecule has 154 valence electrons. The van der Waals surface area contributed by atoms with Gasteiger partial charge in [0.1, 0.15) is 0 Å². The summed E-state index contributed by atoms with van der Waals surface area (Å²) < 4.78 is 12.7. The number of fused-ring (bicyclic) bond motifs is 1. The van der Waals surface area contributed by atoms with E-state index >= 15 is 0 Å². The zero-order chi connectivity index (χ0) is 20.9. The molecule has 0 aliphatic heterocycles. The summed E-state index contributed by atoms with van der Waals surface area (Å²) in [5, 5.41) is 6.71. The van der Waals surface area contributed by atoms with Gasteiger partial charge in [-0.15, -0.1) is 0 Å². The molecule has 0 saturated heterocycles. The maximum atomic E-state index is 5.41. The average Bonchev–Trinajstić information content (AvgIpc) is 3.27. The van der Waals surface area contributed by atoms with Gasteiger partial charge in [0.25, 0.3) is 0 Å².